The molecule has 0 atom stereocenters. The lowest BCUT2D eigenvalue weighted by Crippen LogP contribution is -2.09. The molecule has 0 spiro atoms. The molecule has 2 aromatic heterocycles. The average molecular weight is 719 g/mol. The van der Waals surface area contributed by atoms with Crippen LogP contribution in [0.1, 0.15) is 0 Å². The van der Waals surface area contributed by atoms with Crippen molar-refractivity contribution in [1.29, 1.82) is 0 Å². The molecule has 9 aromatic carbocycles. The number of hydrogen-bond acceptors (Lipinski definition) is 2. The van der Waals surface area contributed by atoms with Gasteiger partial charge in [-0.15, -0.1) is 11.3 Å². The second-order valence-corrected chi connectivity index (χ2v) is 15.3. The van der Waals surface area contributed by atoms with Gasteiger partial charge in [0.1, 0.15) is 0 Å². The van der Waals surface area contributed by atoms with Gasteiger partial charge in [-0.05, 0) is 112 Å². The quantitative estimate of drug-likeness (QED) is 0.166. The Morgan fingerprint density at radius 3 is 1.80 bits per heavy atom. The number of para-hydroxylation sites is 2. The Bertz CT molecular complexity index is 3190. The van der Waals surface area contributed by atoms with Crippen LogP contribution in [-0.4, -0.2) is 4.57 Å². The first-order chi connectivity index (χ1) is 27.2. The summed E-state index contributed by atoms with van der Waals surface area (Å²) in [7, 11) is 0. The van der Waals surface area contributed by atoms with Gasteiger partial charge in [0, 0.05) is 53.7 Å². The van der Waals surface area contributed by atoms with Crippen molar-refractivity contribution in [2.45, 2.75) is 0 Å². The number of benzene rings is 9. The molecule has 0 aliphatic rings. The number of aromatic nitrogens is 1. The molecule has 2 nitrogen and oxygen atoms in total. The first-order valence-corrected chi connectivity index (χ1v) is 19.6. The Morgan fingerprint density at radius 1 is 0.327 bits per heavy atom. The van der Waals surface area contributed by atoms with Crippen LogP contribution in [0.4, 0.5) is 17.1 Å². The third-order valence-electron chi connectivity index (χ3n) is 11.0. The molecule has 0 radical (unpaired) electrons. The van der Waals surface area contributed by atoms with E-state index in [1.54, 1.807) is 0 Å². The molecule has 0 N–H and O–H groups in total. The minimum Gasteiger partial charge on any atom is -0.310 e. The molecule has 55 heavy (non-hydrogen) atoms. The SMILES string of the molecule is c1ccc(N(c2ccc(-c3ccc4ccccc4c3)cc2)c2cccc(-c3ccc(-n4c5ccccc5c5cc6c(cc54)sc4ccccc46)cc3)c2)cc1. The highest BCUT2D eigenvalue weighted by atomic mass is 32.1. The highest BCUT2D eigenvalue weighted by Gasteiger charge is 2.17. The largest absolute Gasteiger partial charge is 0.310 e. The van der Waals surface area contributed by atoms with Crippen LogP contribution in [0.25, 0.3) is 80.7 Å². The van der Waals surface area contributed by atoms with Crippen LogP contribution < -0.4 is 4.90 Å². The summed E-state index contributed by atoms with van der Waals surface area (Å²) < 4.78 is 5.07. The van der Waals surface area contributed by atoms with Gasteiger partial charge in [-0.25, -0.2) is 0 Å². The summed E-state index contributed by atoms with van der Waals surface area (Å²) >= 11 is 1.87. The highest BCUT2D eigenvalue weighted by Crippen LogP contribution is 2.42. The topological polar surface area (TPSA) is 8.17 Å². The molecule has 3 heteroatoms. The maximum atomic E-state index is 2.42. The first kappa shape index (κ1) is 31.6. The lowest BCUT2D eigenvalue weighted by Gasteiger charge is -2.26. The van der Waals surface area contributed by atoms with E-state index in [1.807, 2.05) is 11.3 Å². The Hall–Kier alpha value is -6.94. The van der Waals surface area contributed by atoms with Crippen molar-refractivity contribution in [3.05, 3.63) is 206 Å². The van der Waals surface area contributed by atoms with E-state index in [0.717, 1.165) is 22.7 Å². The van der Waals surface area contributed by atoms with Crippen molar-refractivity contribution >= 4 is 81.1 Å². The molecular formula is C52H34N2S. The van der Waals surface area contributed by atoms with Crippen LogP contribution in [0.3, 0.4) is 0 Å². The predicted octanol–water partition coefficient (Wildman–Crippen LogP) is 15.1. The van der Waals surface area contributed by atoms with Crippen LogP contribution in [0.5, 0.6) is 0 Å². The maximum Gasteiger partial charge on any atom is 0.0555 e. The van der Waals surface area contributed by atoms with Crippen molar-refractivity contribution in [3.8, 4) is 27.9 Å². The molecule has 0 saturated heterocycles. The van der Waals surface area contributed by atoms with E-state index in [4.69, 9.17) is 0 Å². The van der Waals surface area contributed by atoms with Crippen LogP contribution in [0, 0.1) is 0 Å². The Kier molecular flexibility index (Phi) is 7.39. The number of fused-ring (bicyclic) bond motifs is 7. The van der Waals surface area contributed by atoms with Crippen LogP contribution in [0.15, 0.2) is 206 Å². The van der Waals surface area contributed by atoms with Gasteiger partial charge in [-0.1, -0.05) is 127 Å². The molecule has 0 bridgehead atoms. The van der Waals surface area contributed by atoms with E-state index in [2.05, 4.69) is 216 Å². The van der Waals surface area contributed by atoms with Crippen LogP contribution in [0.2, 0.25) is 0 Å². The smallest absolute Gasteiger partial charge is 0.0555 e. The van der Waals surface area contributed by atoms with Gasteiger partial charge in [0.25, 0.3) is 0 Å². The maximum absolute atomic E-state index is 2.42. The van der Waals surface area contributed by atoms with Gasteiger partial charge < -0.3 is 9.47 Å². The Balaban J connectivity index is 0.964. The fourth-order valence-electron chi connectivity index (χ4n) is 8.29. The third kappa shape index (κ3) is 5.40. The zero-order valence-corrected chi connectivity index (χ0v) is 30.7. The minimum absolute atomic E-state index is 1.11. The van der Waals surface area contributed by atoms with Crippen molar-refractivity contribution < 1.29 is 0 Å². The van der Waals surface area contributed by atoms with E-state index in [0.29, 0.717) is 0 Å². The van der Waals surface area contributed by atoms with E-state index < -0.39 is 0 Å². The van der Waals surface area contributed by atoms with Gasteiger partial charge in [-0.3, -0.25) is 0 Å². The van der Waals surface area contributed by atoms with Crippen molar-refractivity contribution in [2.75, 3.05) is 4.90 Å². The van der Waals surface area contributed by atoms with E-state index >= 15 is 0 Å². The number of thiophene rings is 1. The van der Waals surface area contributed by atoms with E-state index in [9.17, 15) is 0 Å². The molecule has 11 rings (SSSR count). The Morgan fingerprint density at radius 2 is 0.964 bits per heavy atom. The molecule has 0 unspecified atom stereocenters. The molecule has 0 amide bonds. The summed E-state index contributed by atoms with van der Waals surface area (Å²) in [6, 6.07) is 75.1. The standard InChI is InChI=1S/C52H34N2S/c1-2-14-41(15-3-1)53(42-27-23-37(24-28-42)40-22-21-35-11-4-5-12-38(35)31-40)44-16-10-13-39(32-44)36-25-29-43(30-26-36)54-49-19-8-6-17-45(49)47-33-48-46-18-7-9-20-51(46)55-52(48)34-50(47)54/h1-34H. The molecule has 0 saturated carbocycles. The highest BCUT2D eigenvalue weighted by molar-refractivity contribution is 7.25. The molecular weight excluding hydrogens is 685 g/mol. The normalized spacial score (nSPS) is 11.6. The van der Waals surface area contributed by atoms with Crippen molar-refractivity contribution in [2.24, 2.45) is 0 Å². The van der Waals surface area contributed by atoms with E-state index in [1.165, 1.54) is 75.0 Å². The Labute approximate surface area is 323 Å². The zero-order valence-electron chi connectivity index (χ0n) is 29.9. The van der Waals surface area contributed by atoms with E-state index in [-0.39, 0.29) is 0 Å². The lowest BCUT2D eigenvalue weighted by atomic mass is 10.0. The van der Waals surface area contributed by atoms with Gasteiger partial charge in [-0.2, -0.15) is 0 Å². The minimum atomic E-state index is 1.11. The summed E-state index contributed by atoms with van der Waals surface area (Å²) in [5, 5.41) is 7.73. The predicted molar refractivity (Wildman–Crippen MR) is 237 cm³/mol. The second-order valence-electron chi connectivity index (χ2n) is 14.2. The van der Waals surface area contributed by atoms with Crippen LogP contribution >= 0.6 is 11.3 Å². The van der Waals surface area contributed by atoms with Crippen LogP contribution in [-0.2, 0) is 0 Å². The summed E-state index contributed by atoms with van der Waals surface area (Å²) in [6.07, 6.45) is 0. The number of hydrogen-bond donors (Lipinski definition) is 0. The molecule has 0 aliphatic heterocycles. The third-order valence-corrected chi connectivity index (χ3v) is 12.1. The van der Waals surface area contributed by atoms with Crippen molar-refractivity contribution in [1.82, 2.24) is 4.57 Å². The summed E-state index contributed by atoms with van der Waals surface area (Å²) in [4.78, 5) is 2.34. The van der Waals surface area contributed by atoms with Gasteiger partial charge in [0.2, 0.25) is 0 Å². The summed E-state index contributed by atoms with van der Waals surface area (Å²) in [6.45, 7) is 0. The fraction of sp³-hybridized carbons (Fsp3) is 0. The van der Waals surface area contributed by atoms with Gasteiger partial charge in [0.15, 0.2) is 0 Å². The van der Waals surface area contributed by atoms with Gasteiger partial charge >= 0.3 is 0 Å². The van der Waals surface area contributed by atoms with Crippen molar-refractivity contribution in [3.63, 3.8) is 0 Å². The molecule has 11 aromatic rings. The summed E-state index contributed by atoms with van der Waals surface area (Å²) in [5.41, 5.74) is 11.7. The first-order valence-electron chi connectivity index (χ1n) is 18.7. The number of rotatable bonds is 6. The number of anilines is 3. The van der Waals surface area contributed by atoms with Gasteiger partial charge in [0.05, 0.1) is 11.0 Å². The zero-order chi connectivity index (χ0) is 36.3. The summed E-state index contributed by atoms with van der Waals surface area (Å²) in [5.74, 6) is 0. The molecule has 0 fully saturated rings. The molecule has 2 heterocycles. The fourth-order valence-corrected chi connectivity index (χ4v) is 9.41. The lowest BCUT2D eigenvalue weighted by molar-refractivity contribution is 1.18. The molecule has 258 valence electrons. The monoisotopic (exact) mass is 718 g/mol. The number of nitrogens with zero attached hydrogens (tertiary/aromatic N) is 2. The molecule has 0 aliphatic carbocycles. The average Bonchev–Trinajstić information content (AvgIpc) is 3.78. The second kappa shape index (κ2) is 12.9.